The van der Waals surface area contributed by atoms with Crippen LogP contribution in [0.4, 0.5) is 41.9 Å². The third-order valence-electron chi connectivity index (χ3n) is 13.1. The number of hydrogen-bond donors (Lipinski definition) is 4. The van der Waals surface area contributed by atoms with Crippen LogP contribution in [0.2, 0.25) is 0 Å². The SMILES string of the molecule is CC(C)(C)OC(=O)NCCC(=O)N1CCCCN(C(=O)CCNC(=O)OC(C)(C)C)c2ccc(cc2)Cc2ccc(cc2)N(C(=O)CCNC(=O)OC(C)(C)C)CCCCN(C(=O)CCNC(=O)OC(C)(C)C)c2ccc(cc2)Cc2ccc1cc2. The molecule has 4 aromatic rings. The normalized spacial score (nSPS) is 14.0. The second kappa shape index (κ2) is 31.8. The fourth-order valence-electron chi connectivity index (χ4n) is 9.20. The fraction of sp³-hybridized carbons (Fsp3) is 0.515. The summed E-state index contributed by atoms with van der Waals surface area (Å²) in [5.41, 5.74) is 3.69. The molecule has 8 amide bonds. The van der Waals surface area contributed by atoms with Crippen molar-refractivity contribution in [2.24, 2.45) is 0 Å². The van der Waals surface area contributed by atoms with Gasteiger partial charge in [0.05, 0.1) is 0 Å². The summed E-state index contributed by atoms with van der Waals surface area (Å²) in [6, 6.07) is 30.9. The number of nitrogens with one attached hydrogen (secondary N) is 4. The van der Waals surface area contributed by atoms with Crippen LogP contribution in [0.5, 0.6) is 0 Å². The Morgan fingerprint density at radius 1 is 0.314 bits per heavy atom. The Morgan fingerprint density at radius 3 is 0.651 bits per heavy atom. The van der Waals surface area contributed by atoms with Crippen LogP contribution >= 0.6 is 0 Å². The lowest BCUT2D eigenvalue weighted by Gasteiger charge is -2.26. The second-order valence-corrected chi connectivity index (χ2v) is 25.3. The summed E-state index contributed by atoms with van der Waals surface area (Å²) in [6.45, 7) is 22.7. The maximum atomic E-state index is 14.1. The molecule has 4 N–H and O–H groups in total. The molecule has 8 bridgehead atoms. The lowest BCUT2D eigenvalue weighted by molar-refractivity contribution is -0.119. The Hall–Kier alpha value is -8.16. The number of nitrogens with zero attached hydrogens (tertiary/aromatic N) is 4. The molecule has 7 heterocycles. The average Bonchev–Trinajstić information content (AvgIpc) is 3.39. The summed E-state index contributed by atoms with van der Waals surface area (Å²) in [5, 5.41) is 10.8. The highest BCUT2D eigenvalue weighted by Gasteiger charge is 2.25. The van der Waals surface area contributed by atoms with Crippen molar-refractivity contribution in [3.63, 3.8) is 0 Å². The van der Waals surface area contributed by atoms with Crippen LogP contribution in [0, 0.1) is 0 Å². The van der Waals surface area contributed by atoms with Gasteiger partial charge in [0.2, 0.25) is 23.6 Å². The van der Waals surface area contributed by atoms with E-state index in [0.29, 0.717) is 87.5 Å². The van der Waals surface area contributed by atoms with Crippen molar-refractivity contribution in [2.45, 2.75) is 170 Å². The van der Waals surface area contributed by atoms with Gasteiger partial charge in [0.1, 0.15) is 22.4 Å². The molecule has 0 aromatic heterocycles. The van der Waals surface area contributed by atoms with Crippen LogP contribution in [0.25, 0.3) is 0 Å². The molecular formula is C66H92N8O12. The Morgan fingerprint density at radius 2 is 0.488 bits per heavy atom. The summed E-state index contributed by atoms with van der Waals surface area (Å²) < 4.78 is 21.6. The summed E-state index contributed by atoms with van der Waals surface area (Å²) in [6.07, 6.45) is 0.680. The molecule has 86 heavy (non-hydrogen) atoms. The van der Waals surface area contributed by atoms with Crippen LogP contribution in [0.3, 0.4) is 0 Å². The number of anilines is 4. The first-order valence-electron chi connectivity index (χ1n) is 29.8. The summed E-state index contributed by atoms with van der Waals surface area (Å²) >= 11 is 0. The van der Waals surface area contributed by atoms with E-state index in [-0.39, 0.29) is 75.5 Å². The van der Waals surface area contributed by atoms with E-state index < -0.39 is 46.8 Å². The van der Waals surface area contributed by atoms with Gasteiger partial charge >= 0.3 is 24.4 Å². The van der Waals surface area contributed by atoms with Crippen molar-refractivity contribution in [3.8, 4) is 0 Å². The van der Waals surface area contributed by atoms with E-state index >= 15 is 0 Å². The molecule has 0 unspecified atom stereocenters. The van der Waals surface area contributed by atoms with Gasteiger partial charge in [-0.2, -0.15) is 0 Å². The van der Waals surface area contributed by atoms with E-state index in [4.69, 9.17) is 18.9 Å². The van der Waals surface area contributed by atoms with Crippen molar-refractivity contribution >= 4 is 70.8 Å². The van der Waals surface area contributed by atoms with Crippen LogP contribution in [-0.4, -0.2) is 123 Å². The lowest BCUT2D eigenvalue weighted by Crippen LogP contribution is -2.38. The van der Waals surface area contributed by atoms with Gasteiger partial charge in [0.25, 0.3) is 0 Å². The van der Waals surface area contributed by atoms with E-state index in [9.17, 15) is 38.4 Å². The molecule has 0 saturated carbocycles. The Balaban J connectivity index is 1.46. The zero-order valence-corrected chi connectivity index (χ0v) is 52.7. The minimum Gasteiger partial charge on any atom is -0.444 e. The molecule has 7 aliphatic rings. The largest absolute Gasteiger partial charge is 0.444 e. The zero-order valence-electron chi connectivity index (χ0n) is 52.7. The number of rotatable bonds is 12. The van der Waals surface area contributed by atoms with E-state index in [0.717, 1.165) is 22.3 Å². The van der Waals surface area contributed by atoms with Gasteiger partial charge in [-0.3, -0.25) is 19.2 Å². The monoisotopic (exact) mass is 1190 g/mol. The Kier molecular flexibility index (Phi) is 25.4. The molecule has 0 radical (unpaired) electrons. The van der Waals surface area contributed by atoms with Crippen LogP contribution < -0.4 is 40.9 Å². The topological polar surface area (TPSA) is 235 Å². The number of carbonyl (C=O) groups is 8. The predicted octanol–water partition coefficient (Wildman–Crippen LogP) is 11.1. The average molecular weight is 1190 g/mol. The molecule has 0 atom stereocenters. The van der Waals surface area contributed by atoms with Crippen molar-refractivity contribution < 1.29 is 57.3 Å². The van der Waals surface area contributed by atoms with Crippen molar-refractivity contribution in [2.75, 3.05) is 72.0 Å². The highest BCUT2D eigenvalue weighted by atomic mass is 16.6. The van der Waals surface area contributed by atoms with Crippen molar-refractivity contribution in [1.29, 1.82) is 0 Å². The maximum Gasteiger partial charge on any atom is 0.407 e. The summed E-state index contributed by atoms with van der Waals surface area (Å²) in [4.78, 5) is 113. The molecular weight excluding hydrogens is 1100 g/mol. The Bertz CT molecular complexity index is 2490. The number of amides is 8. The third-order valence-corrected chi connectivity index (χ3v) is 13.1. The minimum atomic E-state index is -0.710. The first kappa shape index (κ1) is 68.6. The summed E-state index contributed by atoms with van der Waals surface area (Å²) in [5.74, 6) is -0.844. The van der Waals surface area contributed by atoms with E-state index in [2.05, 4.69) is 21.3 Å². The van der Waals surface area contributed by atoms with E-state index in [1.807, 2.05) is 97.1 Å². The molecule has 0 saturated heterocycles. The van der Waals surface area contributed by atoms with Gasteiger partial charge in [-0.1, -0.05) is 48.5 Å². The highest BCUT2D eigenvalue weighted by Crippen LogP contribution is 2.26. The quantitative estimate of drug-likeness (QED) is 0.0970. The molecule has 0 spiro atoms. The van der Waals surface area contributed by atoms with Crippen LogP contribution in [0.15, 0.2) is 97.1 Å². The predicted molar refractivity (Wildman–Crippen MR) is 335 cm³/mol. The Labute approximate surface area is 508 Å². The molecule has 0 aliphatic carbocycles. The van der Waals surface area contributed by atoms with Gasteiger partial charge in [-0.05, 0) is 192 Å². The van der Waals surface area contributed by atoms with Crippen molar-refractivity contribution in [1.82, 2.24) is 21.3 Å². The lowest BCUT2D eigenvalue weighted by atomic mass is 10.0. The summed E-state index contributed by atoms with van der Waals surface area (Å²) in [7, 11) is 0. The molecule has 11 rings (SSSR count). The van der Waals surface area contributed by atoms with E-state index in [1.54, 1.807) is 103 Å². The zero-order chi connectivity index (χ0) is 63.2. The fourth-order valence-corrected chi connectivity index (χ4v) is 9.20. The van der Waals surface area contributed by atoms with Gasteiger partial charge in [-0.15, -0.1) is 0 Å². The maximum absolute atomic E-state index is 14.1. The van der Waals surface area contributed by atoms with E-state index in [1.165, 1.54) is 0 Å². The van der Waals surface area contributed by atoms with Gasteiger partial charge in [-0.25, -0.2) is 19.2 Å². The molecule has 468 valence electrons. The third kappa shape index (κ3) is 25.2. The van der Waals surface area contributed by atoms with Crippen molar-refractivity contribution in [3.05, 3.63) is 119 Å². The van der Waals surface area contributed by atoms with Gasteiger partial charge < -0.3 is 59.8 Å². The molecule has 4 aromatic carbocycles. The number of carbonyl (C=O) groups excluding carboxylic acids is 8. The van der Waals surface area contributed by atoms with Crippen LogP contribution in [0.1, 0.15) is 157 Å². The first-order valence-corrected chi connectivity index (χ1v) is 29.8. The van der Waals surface area contributed by atoms with Gasteiger partial charge in [0.15, 0.2) is 0 Å². The second-order valence-electron chi connectivity index (χ2n) is 25.3. The number of alkyl carbamates (subject to hydrolysis) is 4. The highest BCUT2D eigenvalue weighted by molar-refractivity contribution is 5.96. The van der Waals surface area contributed by atoms with Crippen LogP contribution in [-0.2, 0) is 51.0 Å². The number of hydrogen-bond acceptors (Lipinski definition) is 12. The molecule has 0 fully saturated rings. The smallest absolute Gasteiger partial charge is 0.407 e. The molecule has 20 heteroatoms. The number of ether oxygens (including phenoxy) is 4. The molecule has 20 nitrogen and oxygen atoms in total. The van der Waals surface area contributed by atoms with Gasteiger partial charge in [0, 0.05) is 101 Å². The first-order chi connectivity index (χ1) is 40.4. The minimum absolute atomic E-state index is 0.00757. The molecule has 7 aliphatic heterocycles. The standard InChI is InChI=1S/C66H92N8O12/c1-63(2,3)83-59(79)67-37-33-55(75)71-41-13-14-42-72(56(76)34-38-68-60(80)84-64(4,5)6)52-27-21-49(22-28-52)46-50-23-31-54(32-24-50)74(58(78)36-40-70-62(82)86-66(10,11)12)44-16-15-43-73(57(77)35-39-69-61(81)85-65(7,8)9)53-29-19-48(20-30-53)45-47-17-25-51(71)26-18-47/h17-32H,13-16,33-46H2,1-12H3,(H,67,79)(H,68,80)(H,69,81)(H,70,82). The number of benzene rings is 4.